The van der Waals surface area contributed by atoms with Crippen LogP contribution in [0.4, 0.5) is 5.69 Å². The summed E-state index contributed by atoms with van der Waals surface area (Å²) in [6, 6.07) is 6.10. The maximum Gasteiger partial charge on any atom is 0.0582 e. The van der Waals surface area contributed by atoms with Gasteiger partial charge in [0.15, 0.2) is 0 Å². The van der Waals surface area contributed by atoms with Crippen molar-refractivity contribution in [3.8, 4) is 0 Å². The van der Waals surface area contributed by atoms with Gasteiger partial charge in [0, 0.05) is 22.9 Å². The first-order chi connectivity index (χ1) is 6.63. The van der Waals surface area contributed by atoms with E-state index in [1.54, 1.807) is 18.9 Å². The summed E-state index contributed by atoms with van der Waals surface area (Å²) in [5, 5.41) is 0.434. The second-order valence-corrected chi connectivity index (χ2v) is 4.91. The van der Waals surface area contributed by atoms with Gasteiger partial charge in [-0.25, -0.2) is 0 Å². The number of hydrogen-bond donors (Lipinski definition) is 1. The van der Waals surface area contributed by atoms with Crippen molar-refractivity contribution >= 4 is 17.4 Å². The van der Waals surface area contributed by atoms with Gasteiger partial charge in [0.05, 0.1) is 6.61 Å². The number of ether oxygens (including phenoxy) is 1. The second-order valence-electron chi connectivity index (χ2n) is 3.43. The number of rotatable bonds is 4. The van der Waals surface area contributed by atoms with Crippen LogP contribution < -0.4 is 5.73 Å². The van der Waals surface area contributed by atoms with E-state index in [1.807, 2.05) is 12.1 Å². The maximum absolute atomic E-state index is 5.87. The van der Waals surface area contributed by atoms with Crippen LogP contribution in [0, 0.1) is 6.92 Å². The summed E-state index contributed by atoms with van der Waals surface area (Å²) in [5.41, 5.74) is 7.96. The third-order valence-corrected chi connectivity index (χ3v) is 3.04. The van der Waals surface area contributed by atoms with Crippen LogP contribution in [0.15, 0.2) is 23.1 Å². The SMILES string of the molecule is COCC(C)Sc1cc(C)ccc1N. The molecule has 0 radical (unpaired) electrons. The molecule has 1 aromatic carbocycles. The first-order valence-electron chi connectivity index (χ1n) is 4.65. The van der Waals surface area contributed by atoms with Crippen molar-refractivity contribution in [3.05, 3.63) is 23.8 Å². The van der Waals surface area contributed by atoms with Gasteiger partial charge in [-0.1, -0.05) is 13.0 Å². The fourth-order valence-electron chi connectivity index (χ4n) is 1.23. The molecule has 0 aliphatic heterocycles. The van der Waals surface area contributed by atoms with Gasteiger partial charge in [-0.05, 0) is 24.6 Å². The number of nitrogens with two attached hydrogens (primary N) is 1. The minimum atomic E-state index is 0.434. The van der Waals surface area contributed by atoms with Crippen LogP contribution >= 0.6 is 11.8 Å². The van der Waals surface area contributed by atoms with E-state index in [4.69, 9.17) is 10.5 Å². The van der Waals surface area contributed by atoms with Crippen LogP contribution in [0.5, 0.6) is 0 Å². The summed E-state index contributed by atoms with van der Waals surface area (Å²) in [5.74, 6) is 0. The van der Waals surface area contributed by atoms with Crippen LogP contribution in [-0.2, 0) is 4.74 Å². The summed E-state index contributed by atoms with van der Waals surface area (Å²) in [7, 11) is 1.72. The highest BCUT2D eigenvalue weighted by Crippen LogP contribution is 2.29. The minimum absolute atomic E-state index is 0.434. The van der Waals surface area contributed by atoms with Crippen molar-refractivity contribution in [3.63, 3.8) is 0 Å². The summed E-state index contributed by atoms with van der Waals surface area (Å²) >= 11 is 1.76. The molecule has 2 nitrogen and oxygen atoms in total. The van der Waals surface area contributed by atoms with Crippen molar-refractivity contribution in [1.29, 1.82) is 0 Å². The van der Waals surface area contributed by atoms with Crippen molar-refractivity contribution in [2.75, 3.05) is 19.5 Å². The van der Waals surface area contributed by atoms with Crippen molar-refractivity contribution in [2.45, 2.75) is 24.0 Å². The minimum Gasteiger partial charge on any atom is -0.398 e. The van der Waals surface area contributed by atoms with Crippen LogP contribution in [-0.4, -0.2) is 19.0 Å². The van der Waals surface area contributed by atoms with Gasteiger partial charge in [-0.3, -0.25) is 0 Å². The fraction of sp³-hybridized carbons (Fsp3) is 0.455. The predicted molar refractivity (Wildman–Crippen MR) is 62.8 cm³/mol. The molecule has 0 saturated heterocycles. The van der Waals surface area contributed by atoms with Crippen molar-refractivity contribution in [2.24, 2.45) is 0 Å². The smallest absolute Gasteiger partial charge is 0.0582 e. The zero-order chi connectivity index (χ0) is 10.6. The van der Waals surface area contributed by atoms with Gasteiger partial charge in [0.1, 0.15) is 0 Å². The molecular weight excluding hydrogens is 194 g/mol. The average molecular weight is 211 g/mol. The van der Waals surface area contributed by atoms with E-state index in [-0.39, 0.29) is 0 Å². The molecule has 0 fully saturated rings. The van der Waals surface area contributed by atoms with Crippen molar-refractivity contribution < 1.29 is 4.74 Å². The van der Waals surface area contributed by atoms with Gasteiger partial charge < -0.3 is 10.5 Å². The highest BCUT2D eigenvalue weighted by atomic mass is 32.2. The Balaban J connectivity index is 2.70. The molecule has 0 aromatic heterocycles. The molecule has 1 unspecified atom stereocenters. The van der Waals surface area contributed by atoms with Gasteiger partial charge in [-0.2, -0.15) is 0 Å². The topological polar surface area (TPSA) is 35.2 Å². The number of nitrogen functional groups attached to an aromatic ring is 1. The molecule has 14 heavy (non-hydrogen) atoms. The first kappa shape index (κ1) is 11.4. The Morgan fingerprint density at radius 1 is 1.50 bits per heavy atom. The van der Waals surface area contributed by atoms with E-state index in [1.165, 1.54) is 5.56 Å². The van der Waals surface area contributed by atoms with Crippen LogP contribution in [0.1, 0.15) is 12.5 Å². The largest absolute Gasteiger partial charge is 0.398 e. The summed E-state index contributed by atoms with van der Waals surface area (Å²) in [6.45, 7) is 4.96. The first-order valence-corrected chi connectivity index (χ1v) is 5.53. The number of hydrogen-bond acceptors (Lipinski definition) is 3. The Labute approximate surface area is 89.8 Å². The molecule has 0 amide bonds. The third kappa shape index (κ3) is 3.24. The molecular formula is C11H17NOS. The van der Waals surface area contributed by atoms with E-state index in [9.17, 15) is 0 Å². The van der Waals surface area contributed by atoms with E-state index < -0.39 is 0 Å². The van der Waals surface area contributed by atoms with Crippen LogP contribution in [0.2, 0.25) is 0 Å². The molecule has 0 heterocycles. The molecule has 3 heteroatoms. The highest BCUT2D eigenvalue weighted by Gasteiger charge is 2.06. The fourth-order valence-corrected chi connectivity index (χ4v) is 2.32. The lowest BCUT2D eigenvalue weighted by atomic mass is 10.2. The lowest BCUT2D eigenvalue weighted by Gasteiger charge is -2.12. The normalized spacial score (nSPS) is 12.8. The third-order valence-electron chi connectivity index (χ3n) is 1.90. The monoisotopic (exact) mass is 211 g/mol. The molecule has 1 atom stereocenters. The van der Waals surface area contributed by atoms with Crippen LogP contribution in [0.3, 0.4) is 0 Å². The Bertz CT molecular complexity index is 301. The molecule has 0 spiro atoms. The van der Waals surface area contributed by atoms with E-state index >= 15 is 0 Å². The number of benzene rings is 1. The Morgan fingerprint density at radius 2 is 2.21 bits per heavy atom. The number of thioether (sulfide) groups is 1. The molecule has 0 aliphatic carbocycles. The lowest BCUT2D eigenvalue weighted by Crippen LogP contribution is -2.05. The summed E-state index contributed by atoms with van der Waals surface area (Å²) < 4.78 is 5.08. The Hall–Kier alpha value is -0.670. The molecule has 2 N–H and O–H groups in total. The Kier molecular flexibility index (Phi) is 4.29. The second kappa shape index (κ2) is 5.27. The molecule has 0 saturated carbocycles. The van der Waals surface area contributed by atoms with Gasteiger partial charge in [0.2, 0.25) is 0 Å². The van der Waals surface area contributed by atoms with Gasteiger partial charge in [-0.15, -0.1) is 11.8 Å². The summed E-state index contributed by atoms with van der Waals surface area (Å²) in [6.07, 6.45) is 0. The van der Waals surface area contributed by atoms with Gasteiger partial charge in [0.25, 0.3) is 0 Å². The quantitative estimate of drug-likeness (QED) is 0.614. The zero-order valence-electron chi connectivity index (χ0n) is 8.91. The number of methoxy groups -OCH3 is 1. The molecule has 0 bridgehead atoms. The van der Waals surface area contributed by atoms with Crippen LogP contribution in [0.25, 0.3) is 0 Å². The number of anilines is 1. The molecule has 1 aromatic rings. The Morgan fingerprint density at radius 3 is 2.86 bits per heavy atom. The molecule has 78 valence electrons. The van der Waals surface area contributed by atoms with E-state index in [2.05, 4.69) is 19.9 Å². The highest BCUT2D eigenvalue weighted by molar-refractivity contribution is 8.00. The standard InChI is InChI=1S/C11H17NOS/c1-8-4-5-10(12)11(6-8)14-9(2)7-13-3/h4-6,9H,7,12H2,1-3H3. The van der Waals surface area contributed by atoms with Crippen molar-refractivity contribution in [1.82, 2.24) is 0 Å². The zero-order valence-corrected chi connectivity index (χ0v) is 9.73. The molecule has 0 aliphatic rings. The average Bonchev–Trinajstić information content (AvgIpc) is 2.12. The predicted octanol–water partition coefficient (Wildman–Crippen LogP) is 2.70. The summed E-state index contributed by atoms with van der Waals surface area (Å²) in [4.78, 5) is 1.15. The maximum atomic E-state index is 5.87. The lowest BCUT2D eigenvalue weighted by molar-refractivity contribution is 0.203. The van der Waals surface area contributed by atoms with E-state index in [0.29, 0.717) is 5.25 Å². The van der Waals surface area contributed by atoms with E-state index in [0.717, 1.165) is 17.2 Å². The van der Waals surface area contributed by atoms with Gasteiger partial charge >= 0.3 is 0 Å². The molecule has 1 rings (SSSR count). The number of aryl methyl sites for hydroxylation is 1.